The van der Waals surface area contributed by atoms with Crippen molar-refractivity contribution < 1.29 is 23.9 Å². The third-order valence-corrected chi connectivity index (χ3v) is 5.90. The normalized spacial score (nSPS) is 15.6. The van der Waals surface area contributed by atoms with E-state index in [1.54, 1.807) is 23.1 Å². The number of methoxy groups -OCH3 is 1. The van der Waals surface area contributed by atoms with Crippen LogP contribution in [0, 0.1) is 12.8 Å². The van der Waals surface area contributed by atoms with E-state index in [0.717, 1.165) is 21.3 Å². The van der Waals surface area contributed by atoms with Crippen LogP contribution in [0.1, 0.15) is 17.5 Å². The number of aryl methyl sites for hydroxylation is 1. The zero-order valence-electron chi connectivity index (χ0n) is 17.3. The second kappa shape index (κ2) is 9.82. The van der Waals surface area contributed by atoms with E-state index in [2.05, 4.69) is 21.2 Å². The molecule has 9 heteroatoms. The van der Waals surface area contributed by atoms with Gasteiger partial charge in [-0.1, -0.05) is 22.0 Å². The molecule has 0 aromatic heterocycles. The predicted molar refractivity (Wildman–Crippen MR) is 119 cm³/mol. The van der Waals surface area contributed by atoms with Gasteiger partial charge in [0.25, 0.3) is 5.91 Å². The Bertz CT molecular complexity index is 1010. The van der Waals surface area contributed by atoms with Gasteiger partial charge in [-0.2, -0.15) is 0 Å². The fourth-order valence-corrected chi connectivity index (χ4v) is 3.60. The number of halogens is 1. The molecule has 1 unspecified atom stereocenters. The van der Waals surface area contributed by atoms with Crippen LogP contribution in [0.2, 0.25) is 0 Å². The quantitative estimate of drug-likeness (QED) is 0.590. The number of nitrogens with two attached hydrogens (primary N) is 1. The summed E-state index contributed by atoms with van der Waals surface area (Å²) in [6.45, 7) is 2.32. The number of amides is 3. The first-order valence-electron chi connectivity index (χ1n) is 9.70. The topological polar surface area (TPSA) is 111 Å². The summed E-state index contributed by atoms with van der Waals surface area (Å²) in [5, 5.41) is 2.88. The smallest absolute Gasteiger partial charge is 0.255 e. The van der Waals surface area contributed by atoms with Crippen molar-refractivity contribution in [2.75, 3.05) is 25.2 Å². The highest BCUT2D eigenvalue weighted by Gasteiger charge is 2.35. The van der Waals surface area contributed by atoms with Crippen molar-refractivity contribution in [3.05, 3.63) is 52.0 Å². The van der Waals surface area contributed by atoms with E-state index in [0.29, 0.717) is 18.0 Å². The number of hydrogen-bond acceptors (Lipinski definition) is 5. The Morgan fingerprint density at radius 1 is 1.23 bits per heavy atom. The minimum Gasteiger partial charge on any atom is -0.493 e. The molecule has 31 heavy (non-hydrogen) atoms. The summed E-state index contributed by atoms with van der Waals surface area (Å²) < 4.78 is 11.5. The van der Waals surface area contributed by atoms with Crippen molar-refractivity contribution >= 4 is 39.3 Å². The maximum atomic E-state index is 12.7. The van der Waals surface area contributed by atoms with Crippen LogP contribution in [0.15, 0.2) is 40.9 Å². The number of rotatable bonds is 8. The van der Waals surface area contributed by atoms with Gasteiger partial charge in [-0.05, 0) is 48.4 Å². The molecule has 3 N–H and O–H groups in total. The molecule has 1 heterocycles. The fourth-order valence-electron chi connectivity index (χ4n) is 3.35. The average Bonchev–Trinajstić information content (AvgIpc) is 3.14. The maximum Gasteiger partial charge on any atom is 0.255 e. The molecule has 1 saturated heterocycles. The number of ether oxygens (including phenoxy) is 2. The molecule has 1 aliphatic heterocycles. The molecule has 0 saturated carbocycles. The van der Waals surface area contributed by atoms with Crippen LogP contribution in [0.25, 0.3) is 0 Å². The minimum atomic E-state index is -0.586. The fraction of sp³-hybridized carbons (Fsp3) is 0.318. The lowest BCUT2D eigenvalue weighted by Crippen LogP contribution is -2.32. The minimum absolute atomic E-state index is 0.0699. The van der Waals surface area contributed by atoms with Gasteiger partial charge in [-0.15, -0.1) is 0 Å². The van der Waals surface area contributed by atoms with E-state index in [9.17, 15) is 14.4 Å². The lowest BCUT2D eigenvalue weighted by Gasteiger charge is -2.18. The van der Waals surface area contributed by atoms with Crippen LogP contribution in [0.3, 0.4) is 0 Å². The summed E-state index contributed by atoms with van der Waals surface area (Å²) in [7, 11) is 1.48. The molecule has 1 fully saturated rings. The SMILES string of the molecule is COc1cc(CNC(=O)C2CC(=O)N(c3ccc(Br)c(C)c3)C2)ccc1OCC(N)=O. The molecular weight excluding hydrogens is 466 g/mol. The van der Waals surface area contributed by atoms with Crippen LogP contribution in [-0.4, -0.2) is 38.0 Å². The van der Waals surface area contributed by atoms with E-state index in [-0.39, 0.29) is 31.4 Å². The number of carbonyl (C=O) groups excluding carboxylic acids is 3. The Hall–Kier alpha value is -3.07. The monoisotopic (exact) mass is 489 g/mol. The molecule has 0 radical (unpaired) electrons. The number of nitrogens with one attached hydrogen (secondary N) is 1. The molecule has 3 amide bonds. The standard InChI is InChI=1S/C22H24BrN3O5/c1-13-7-16(4-5-17(13)23)26-11-15(9-21(26)28)22(29)25-10-14-3-6-18(19(8-14)30-2)31-12-20(24)27/h3-8,15H,9-12H2,1-2H3,(H2,24,27)(H,25,29). The molecule has 0 aliphatic carbocycles. The van der Waals surface area contributed by atoms with Crippen LogP contribution in [0.5, 0.6) is 11.5 Å². The van der Waals surface area contributed by atoms with Gasteiger partial charge in [0.15, 0.2) is 18.1 Å². The molecule has 3 rings (SSSR count). The molecule has 0 bridgehead atoms. The summed E-state index contributed by atoms with van der Waals surface area (Å²) in [6, 6.07) is 10.8. The molecule has 1 atom stereocenters. The van der Waals surface area contributed by atoms with Crippen LogP contribution in [-0.2, 0) is 20.9 Å². The molecule has 8 nitrogen and oxygen atoms in total. The summed E-state index contributed by atoms with van der Waals surface area (Å²) in [5.74, 6) is -0.440. The van der Waals surface area contributed by atoms with Gasteiger partial charge in [-0.25, -0.2) is 0 Å². The Morgan fingerprint density at radius 2 is 2.00 bits per heavy atom. The zero-order valence-corrected chi connectivity index (χ0v) is 18.9. The van der Waals surface area contributed by atoms with Gasteiger partial charge in [0.1, 0.15) is 0 Å². The van der Waals surface area contributed by atoms with Gasteiger partial charge < -0.3 is 25.4 Å². The van der Waals surface area contributed by atoms with Crippen molar-refractivity contribution in [3.63, 3.8) is 0 Å². The van der Waals surface area contributed by atoms with E-state index in [1.165, 1.54) is 7.11 Å². The van der Waals surface area contributed by atoms with Crippen LogP contribution >= 0.6 is 15.9 Å². The van der Waals surface area contributed by atoms with Crippen LogP contribution in [0.4, 0.5) is 5.69 Å². The van der Waals surface area contributed by atoms with Gasteiger partial charge in [0, 0.05) is 29.7 Å². The highest BCUT2D eigenvalue weighted by molar-refractivity contribution is 9.10. The summed E-state index contributed by atoms with van der Waals surface area (Å²) >= 11 is 3.46. The molecule has 1 aliphatic rings. The van der Waals surface area contributed by atoms with Crippen LogP contribution < -0.4 is 25.4 Å². The number of hydrogen-bond donors (Lipinski definition) is 2. The molecule has 2 aromatic rings. The van der Waals surface area contributed by atoms with E-state index < -0.39 is 11.8 Å². The highest BCUT2D eigenvalue weighted by Crippen LogP contribution is 2.30. The second-order valence-electron chi connectivity index (χ2n) is 7.30. The third-order valence-electron chi connectivity index (χ3n) is 5.01. The number of nitrogens with zero attached hydrogens (tertiary/aromatic N) is 1. The van der Waals surface area contributed by atoms with Crippen molar-refractivity contribution in [1.82, 2.24) is 5.32 Å². The highest BCUT2D eigenvalue weighted by atomic mass is 79.9. The van der Waals surface area contributed by atoms with Gasteiger partial charge in [-0.3, -0.25) is 14.4 Å². The van der Waals surface area contributed by atoms with Gasteiger partial charge in [0.2, 0.25) is 11.8 Å². The Kier molecular flexibility index (Phi) is 7.17. The summed E-state index contributed by atoms with van der Waals surface area (Å²) in [5.41, 5.74) is 7.70. The van der Waals surface area contributed by atoms with Crippen molar-refractivity contribution in [1.29, 1.82) is 0 Å². The number of primary amides is 1. The maximum absolute atomic E-state index is 12.7. The largest absolute Gasteiger partial charge is 0.493 e. The first kappa shape index (κ1) is 22.6. The third kappa shape index (κ3) is 5.55. The first-order valence-corrected chi connectivity index (χ1v) is 10.5. The average molecular weight is 490 g/mol. The molecule has 164 valence electrons. The molecule has 0 spiro atoms. The van der Waals surface area contributed by atoms with Gasteiger partial charge in [0.05, 0.1) is 13.0 Å². The number of anilines is 1. The predicted octanol–water partition coefficient (Wildman–Crippen LogP) is 2.30. The number of carbonyl (C=O) groups is 3. The van der Waals surface area contributed by atoms with Crippen molar-refractivity contribution in [2.24, 2.45) is 11.7 Å². The second-order valence-corrected chi connectivity index (χ2v) is 8.15. The lowest BCUT2D eigenvalue weighted by atomic mass is 10.1. The molecular formula is C22H24BrN3O5. The Morgan fingerprint density at radius 3 is 2.68 bits per heavy atom. The molecule has 2 aromatic carbocycles. The number of benzene rings is 2. The zero-order chi connectivity index (χ0) is 22.5. The van der Waals surface area contributed by atoms with Gasteiger partial charge >= 0.3 is 0 Å². The first-order chi connectivity index (χ1) is 14.8. The van der Waals surface area contributed by atoms with E-state index in [1.807, 2.05) is 25.1 Å². The lowest BCUT2D eigenvalue weighted by molar-refractivity contribution is -0.126. The van der Waals surface area contributed by atoms with E-state index in [4.69, 9.17) is 15.2 Å². The summed E-state index contributed by atoms with van der Waals surface area (Å²) in [4.78, 5) is 37.7. The van der Waals surface area contributed by atoms with E-state index >= 15 is 0 Å². The van der Waals surface area contributed by atoms with Crippen molar-refractivity contribution in [3.8, 4) is 11.5 Å². The Balaban J connectivity index is 1.60. The summed E-state index contributed by atoms with van der Waals surface area (Å²) in [6.07, 6.45) is 0.171. The Labute approximate surface area is 188 Å². The van der Waals surface area contributed by atoms with Crippen molar-refractivity contribution in [2.45, 2.75) is 19.9 Å².